The van der Waals surface area contributed by atoms with Crippen LogP contribution in [0.1, 0.15) is 48.7 Å². The third kappa shape index (κ3) is 6.12. The molecule has 0 N–H and O–H groups in total. The summed E-state index contributed by atoms with van der Waals surface area (Å²) in [4.78, 5) is 26.1. The summed E-state index contributed by atoms with van der Waals surface area (Å²) in [5.74, 6) is -0.511. The molecule has 28 heavy (non-hydrogen) atoms. The first-order valence-corrected chi connectivity index (χ1v) is 9.83. The molecule has 0 aromatic heterocycles. The summed E-state index contributed by atoms with van der Waals surface area (Å²) in [6.45, 7) is 7.95. The molecule has 0 radical (unpaired) electrons. The summed E-state index contributed by atoms with van der Waals surface area (Å²) in [7, 11) is 0. The van der Waals surface area contributed by atoms with Crippen LogP contribution in [0.4, 0.5) is 5.69 Å². The Balaban J connectivity index is 2.18. The highest BCUT2D eigenvalue weighted by Gasteiger charge is 2.15. The van der Waals surface area contributed by atoms with Gasteiger partial charge in [0, 0.05) is 18.8 Å². The van der Waals surface area contributed by atoms with Crippen molar-refractivity contribution in [1.29, 1.82) is 0 Å². The zero-order chi connectivity index (χ0) is 20.4. The molecule has 0 spiro atoms. The van der Waals surface area contributed by atoms with Crippen LogP contribution in [0.5, 0.6) is 0 Å². The molecule has 5 heteroatoms. The molecular weight excluding hydrogens is 354 g/mol. The minimum atomic E-state index is -0.292. The molecule has 2 rings (SSSR count). The quantitative estimate of drug-likeness (QED) is 0.570. The molecule has 0 aliphatic rings. The molecule has 0 aliphatic heterocycles. The molecule has 0 amide bonds. The number of hydrogen-bond donors (Lipinski definition) is 0. The van der Waals surface area contributed by atoms with E-state index in [4.69, 9.17) is 9.47 Å². The zero-order valence-corrected chi connectivity index (χ0v) is 16.9. The summed E-state index contributed by atoms with van der Waals surface area (Å²) >= 11 is 0. The van der Waals surface area contributed by atoms with E-state index in [1.165, 1.54) is 0 Å². The molecule has 0 saturated carbocycles. The van der Waals surface area contributed by atoms with Gasteiger partial charge in [-0.25, -0.2) is 4.79 Å². The Morgan fingerprint density at radius 1 is 0.893 bits per heavy atom. The number of benzene rings is 2. The zero-order valence-electron chi connectivity index (χ0n) is 16.9. The highest BCUT2D eigenvalue weighted by atomic mass is 16.5. The van der Waals surface area contributed by atoms with Gasteiger partial charge in [0.2, 0.25) is 0 Å². The third-order valence-corrected chi connectivity index (χ3v) is 4.32. The maximum Gasteiger partial charge on any atom is 0.338 e. The van der Waals surface area contributed by atoms with E-state index in [1.807, 2.05) is 49.4 Å². The van der Waals surface area contributed by atoms with E-state index in [-0.39, 0.29) is 18.4 Å². The van der Waals surface area contributed by atoms with Crippen molar-refractivity contribution in [2.75, 3.05) is 24.7 Å². The van der Waals surface area contributed by atoms with Crippen LogP contribution in [0.2, 0.25) is 0 Å². The van der Waals surface area contributed by atoms with Crippen molar-refractivity contribution in [3.05, 3.63) is 65.2 Å². The predicted molar refractivity (Wildman–Crippen MR) is 111 cm³/mol. The third-order valence-electron chi connectivity index (χ3n) is 4.32. The average molecular weight is 383 g/mol. The SMILES string of the molecule is CCCN(Cc1ccccc1C(=O)OCC)c1ccc(CC(=O)OCC)cc1. The number of ether oxygens (including phenoxy) is 2. The Bertz CT molecular complexity index is 770. The molecule has 0 bridgehead atoms. The van der Waals surface area contributed by atoms with Crippen molar-refractivity contribution in [2.45, 2.75) is 40.2 Å². The number of nitrogens with zero attached hydrogens (tertiary/aromatic N) is 1. The van der Waals surface area contributed by atoms with Crippen LogP contribution in [0.25, 0.3) is 0 Å². The Kier molecular flexibility index (Phi) is 8.53. The number of carbonyl (C=O) groups excluding carboxylic acids is 2. The predicted octanol–water partition coefficient (Wildman–Crippen LogP) is 4.39. The Hall–Kier alpha value is -2.82. The lowest BCUT2D eigenvalue weighted by molar-refractivity contribution is -0.142. The number of hydrogen-bond acceptors (Lipinski definition) is 5. The standard InChI is InChI=1S/C23H29NO4/c1-4-15-24(17-19-9-7-8-10-21(19)23(26)28-6-3)20-13-11-18(12-14-20)16-22(25)27-5-2/h7-14H,4-6,15-17H2,1-3H3. The average Bonchev–Trinajstić information content (AvgIpc) is 2.69. The lowest BCUT2D eigenvalue weighted by atomic mass is 10.1. The van der Waals surface area contributed by atoms with E-state index >= 15 is 0 Å². The number of rotatable bonds is 10. The molecule has 0 saturated heterocycles. The fourth-order valence-electron chi connectivity index (χ4n) is 3.04. The van der Waals surface area contributed by atoms with Gasteiger partial charge in [-0.15, -0.1) is 0 Å². The molecule has 2 aromatic carbocycles. The first-order chi connectivity index (χ1) is 13.6. The highest BCUT2D eigenvalue weighted by molar-refractivity contribution is 5.91. The van der Waals surface area contributed by atoms with Crippen LogP contribution in [0, 0.1) is 0 Å². The molecule has 2 aromatic rings. The summed E-state index contributed by atoms with van der Waals surface area (Å²) in [5, 5.41) is 0. The van der Waals surface area contributed by atoms with Crippen LogP contribution in [0.15, 0.2) is 48.5 Å². The molecule has 0 unspecified atom stereocenters. The van der Waals surface area contributed by atoms with Gasteiger partial charge in [-0.3, -0.25) is 4.79 Å². The number of anilines is 1. The Labute approximate surface area is 167 Å². The molecule has 5 nitrogen and oxygen atoms in total. The van der Waals surface area contributed by atoms with Crippen molar-refractivity contribution in [1.82, 2.24) is 0 Å². The molecule has 0 fully saturated rings. The Morgan fingerprint density at radius 3 is 2.21 bits per heavy atom. The maximum atomic E-state index is 12.3. The smallest absolute Gasteiger partial charge is 0.338 e. The van der Waals surface area contributed by atoms with Gasteiger partial charge in [0.25, 0.3) is 0 Å². The van der Waals surface area contributed by atoms with Crippen LogP contribution in [0.3, 0.4) is 0 Å². The van der Waals surface area contributed by atoms with E-state index in [0.29, 0.717) is 25.3 Å². The molecular formula is C23H29NO4. The second-order valence-electron chi connectivity index (χ2n) is 6.45. The number of esters is 2. The van der Waals surface area contributed by atoms with Crippen molar-refractivity contribution in [3.63, 3.8) is 0 Å². The molecule has 0 atom stereocenters. The minimum absolute atomic E-state index is 0.218. The van der Waals surface area contributed by atoms with E-state index < -0.39 is 0 Å². The van der Waals surface area contributed by atoms with Gasteiger partial charge in [-0.1, -0.05) is 37.3 Å². The van der Waals surface area contributed by atoms with Gasteiger partial charge in [-0.05, 0) is 49.6 Å². The van der Waals surface area contributed by atoms with Gasteiger partial charge >= 0.3 is 11.9 Å². The van der Waals surface area contributed by atoms with Crippen LogP contribution < -0.4 is 4.90 Å². The molecule has 0 aliphatic carbocycles. The molecule has 150 valence electrons. The second-order valence-corrected chi connectivity index (χ2v) is 6.45. The van der Waals surface area contributed by atoms with Crippen molar-refractivity contribution in [3.8, 4) is 0 Å². The van der Waals surface area contributed by atoms with E-state index in [9.17, 15) is 9.59 Å². The summed E-state index contributed by atoms with van der Waals surface area (Å²) in [6.07, 6.45) is 1.25. The van der Waals surface area contributed by atoms with E-state index in [1.54, 1.807) is 13.0 Å². The lowest BCUT2D eigenvalue weighted by Gasteiger charge is -2.25. The van der Waals surface area contributed by atoms with Crippen molar-refractivity contribution in [2.24, 2.45) is 0 Å². The first-order valence-electron chi connectivity index (χ1n) is 9.83. The molecule has 0 heterocycles. The summed E-state index contributed by atoms with van der Waals surface area (Å²) < 4.78 is 10.2. The summed E-state index contributed by atoms with van der Waals surface area (Å²) in [5.41, 5.74) is 3.51. The fraction of sp³-hybridized carbons (Fsp3) is 0.391. The van der Waals surface area contributed by atoms with Crippen LogP contribution in [-0.2, 0) is 27.2 Å². The normalized spacial score (nSPS) is 10.4. The topological polar surface area (TPSA) is 55.8 Å². The largest absolute Gasteiger partial charge is 0.466 e. The monoisotopic (exact) mass is 383 g/mol. The van der Waals surface area contributed by atoms with Gasteiger partial charge in [0.05, 0.1) is 25.2 Å². The van der Waals surface area contributed by atoms with Gasteiger partial charge in [0.1, 0.15) is 0 Å². The van der Waals surface area contributed by atoms with E-state index in [2.05, 4.69) is 11.8 Å². The highest BCUT2D eigenvalue weighted by Crippen LogP contribution is 2.21. The minimum Gasteiger partial charge on any atom is -0.466 e. The maximum absolute atomic E-state index is 12.3. The van der Waals surface area contributed by atoms with Gasteiger partial charge in [-0.2, -0.15) is 0 Å². The second kappa shape index (κ2) is 11.1. The van der Waals surface area contributed by atoms with Crippen molar-refractivity contribution >= 4 is 17.6 Å². The lowest BCUT2D eigenvalue weighted by Crippen LogP contribution is -2.25. The first kappa shape index (κ1) is 21.5. The summed E-state index contributed by atoms with van der Waals surface area (Å²) in [6, 6.07) is 15.5. The van der Waals surface area contributed by atoms with Gasteiger partial charge in [0.15, 0.2) is 0 Å². The van der Waals surface area contributed by atoms with Crippen molar-refractivity contribution < 1.29 is 19.1 Å². The van der Waals surface area contributed by atoms with Gasteiger partial charge < -0.3 is 14.4 Å². The van der Waals surface area contributed by atoms with Crippen LogP contribution in [-0.4, -0.2) is 31.7 Å². The van der Waals surface area contributed by atoms with E-state index in [0.717, 1.165) is 29.8 Å². The Morgan fingerprint density at radius 2 is 1.57 bits per heavy atom. The fourth-order valence-corrected chi connectivity index (χ4v) is 3.04. The number of carbonyl (C=O) groups is 2. The van der Waals surface area contributed by atoms with Crippen LogP contribution >= 0.6 is 0 Å².